The van der Waals surface area contributed by atoms with Gasteiger partial charge >= 0.3 is 0 Å². The van der Waals surface area contributed by atoms with Gasteiger partial charge in [0.15, 0.2) is 0 Å². The van der Waals surface area contributed by atoms with E-state index in [9.17, 15) is 0 Å². The Morgan fingerprint density at radius 3 is 1.55 bits per heavy atom. The van der Waals surface area contributed by atoms with Crippen molar-refractivity contribution in [2.45, 2.75) is 6.42 Å². The van der Waals surface area contributed by atoms with E-state index in [-0.39, 0.29) is 0 Å². The average molecular weight is 288 g/mol. The zero-order chi connectivity index (χ0) is 15.0. The van der Waals surface area contributed by atoms with Gasteiger partial charge in [-0.15, -0.1) is 0 Å². The summed E-state index contributed by atoms with van der Waals surface area (Å²) in [5, 5.41) is 2.14. The van der Waals surface area contributed by atoms with Gasteiger partial charge < -0.3 is 0 Å². The summed E-state index contributed by atoms with van der Waals surface area (Å²) in [7, 11) is 0. The van der Waals surface area contributed by atoms with E-state index in [0.29, 0.717) is 0 Å². The summed E-state index contributed by atoms with van der Waals surface area (Å²) >= 11 is 0. The highest BCUT2D eigenvalue weighted by Crippen LogP contribution is 2.22. The van der Waals surface area contributed by atoms with Crippen LogP contribution in [-0.2, 0) is 6.42 Å². The van der Waals surface area contributed by atoms with Gasteiger partial charge in [0.05, 0.1) is 11.4 Å². The normalized spacial score (nSPS) is 10.4. The highest BCUT2D eigenvalue weighted by molar-refractivity contribution is 5.61. The number of hydrazine groups is 1. The lowest BCUT2D eigenvalue weighted by Gasteiger charge is -2.25. The molecule has 0 saturated carbocycles. The number of hydrogen-bond donors (Lipinski definition) is 1. The summed E-state index contributed by atoms with van der Waals surface area (Å²) in [4.78, 5) is 0. The van der Waals surface area contributed by atoms with Crippen LogP contribution in [0.3, 0.4) is 0 Å². The molecule has 0 aliphatic rings. The maximum absolute atomic E-state index is 3.53. The molecule has 0 fully saturated rings. The number of benzene rings is 3. The number of nitrogens with zero attached hydrogens (tertiary/aromatic N) is 1. The lowest BCUT2D eigenvalue weighted by Crippen LogP contribution is -2.35. The Balaban J connectivity index is 1.72. The predicted octanol–water partition coefficient (Wildman–Crippen LogP) is 4.57. The molecular formula is C20H20N2. The van der Waals surface area contributed by atoms with Crippen LogP contribution in [0, 0.1) is 0 Å². The third kappa shape index (κ3) is 3.74. The molecule has 0 unspecified atom stereocenters. The van der Waals surface area contributed by atoms with Crippen LogP contribution in [0.4, 0.5) is 11.4 Å². The van der Waals surface area contributed by atoms with Gasteiger partial charge in [-0.1, -0.05) is 66.7 Å². The fourth-order valence-electron chi connectivity index (χ4n) is 2.44. The number of hydrogen-bond acceptors (Lipinski definition) is 2. The highest BCUT2D eigenvalue weighted by atomic mass is 15.5. The topological polar surface area (TPSA) is 15.3 Å². The van der Waals surface area contributed by atoms with E-state index in [2.05, 4.69) is 89.3 Å². The number of anilines is 2. The van der Waals surface area contributed by atoms with Crippen LogP contribution in [0.15, 0.2) is 91.0 Å². The predicted molar refractivity (Wildman–Crippen MR) is 93.2 cm³/mol. The van der Waals surface area contributed by atoms with Gasteiger partial charge in [0.2, 0.25) is 0 Å². The maximum atomic E-state index is 3.53. The molecule has 110 valence electrons. The molecule has 0 aromatic heterocycles. The minimum absolute atomic E-state index is 0.883. The van der Waals surface area contributed by atoms with Gasteiger partial charge in [-0.3, -0.25) is 5.01 Å². The molecule has 3 rings (SSSR count). The van der Waals surface area contributed by atoms with Crippen LogP contribution >= 0.6 is 0 Å². The second-order valence-electron chi connectivity index (χ2n) is 5.15. The first-order valence-corrected chi connectivity index (χ1v) is 7.61. The molecule has 3 aromatic rings. The van der Waals surface area contributed by atoms with E-state index in [1.165, 1.54) is 5.56 Å². The molecule has 0 bridgehead atoms. The van der Waals surface area contributed by atoms with Gasteiger partial charge in [-0.05, 0) is 36.2 Å². The third-order valence-corrected chi connectivity index (χ3v) is 3.56. The van der Waals surface area contributed by atoms with Crippen molar-refractivity contribution in [2.24, 2.45) is 0 Å². The second-order valence-corrected chi connectivity index (χ2v) is 5.15. The average Bonchev–Trinajstić information content (AvgIpc) is 2.61. The van der Waals surface area contributed by atoms with Crippen LogP contribution in [0.2, 0.25) is 0 Å². The molecule has 0 saturated heterocycles. The van der Waals surface area contributed by atoms with Crippen molar-refractivity contribution in [2.75, 3.05) is 11.6 Å². The molecule has 0 amide bonds. The van der Waals surface area contributed by atoms with Gasteiger partial charge in [-0.25, -0.2) is 5.43 Å². The molecule has 2 nitrogen and oxygen atoms in total. The van der Waals surface area contributed by atoms with E-state index in [1.807, 2.05) is 12.1 Å². The summed E-state index contributed by atoms with van der Waals surface area (Å²) in [6, 6.07) is 31.3. The summed E-state index contributed by atoms with van der Waals surface area (Å²) in [6.45, 7) is 0.883. The monoisotopic (exact) mass is 288 g/mol. The van der Waals surface area contributed by atoms with Crippen LogP contribution in [0.5, 0.6) is 0 Å². The Hall–Kier alpha value is -2.58. The standard InChI is InChI=1S/C20H20N2/c1-4-10-18(11-5-1)16-17-21-22(19-12-6-2-7-13-19)20-14-8-3-9-15-20/h1-15,21H,16-17H2. The first-order chi connectivity index (χ1) is 10.9. The molecule has 22 heavy (non-hydrogen) atoms. The minimum Gasteiger partial charge on any atom is -0.277 e. The summed E-state index contributed by atoms with van der Waals surface area (Å²) < 4.78 is 0. The van der Waals surface area contributed by atoms with Gasteiger partial charge in [0, 0.05) is 6.54 Å². The molecular weight excluding hydrogens is 268 g/mol. The lowest BCUT2D eigenvalue weighted by atomic mass is 10.1. The highest BCUT2D eigenvalue weighted by Gasteiger charge is 2.07. The van der Waals surface area contributed by atoms with Crippen LogP contribution in [0.25, 0.3) is 0 Å². The number of rotatable bonds is 6. The van der Waals surface area contributed by atoms with E-state index in [1.54, 1.807) is 0 Å². The summed E-state index contributed by atoms with van der Waals surface area (Å²) in [6.07, 6.45) is 0.997. The Morgan fingerprint density at radius 1 is 0.591 bits per heavy atom. The Kier molecular flexibility index (Phi) is 4.85. The summed E-state index contributed by atoms with van der Waals surface area (Å²) in [5.74, 6) is 0. The SMILES string of the molecule is c1ccc(CCNN(c2ccccc2)c2ccccc2)cc1. The first-order valence-electron chi connectivity index (χ1n) is 7.61. The first kappa shape index (κ1) is 14.4. The fraction of sp³-hybridized carbons (Fsp3) is 0.100. The third-order valence-electron chi connectivity index (χ3n) is 3.56. The molecule has 0 heterocycles. The van der Waals surface area contributed by atoms with Gasteiger partial charge in [0.1, 0.15) is 0 Å². The summed E-state index contributed by atoms with van der Waals surface area (Å²) in [5.41, 5.74) is 7.16. The van der Waals surface area contributed by atoms with Crippen molar-refractivity contribution >= 4 is 11.4 Å². The van der Waals surface area contributed by atoms with Crippen molar-refractivity contribution in [3.8, 4) is 0 Å². The van der Waals surface area contributed by atoms with Crippen LogP contribution in [0.1, 0.15) is 5.56 Å². The Labute approximate surface area is 132 Å². The molecule has 0 aliphatic carbocycles. The number of para-hydroxylation sites is 2. The molecule has 2 heteroatoms. The Bertz CT molecular complexity index is 626. The van der Waals surface area contributed by atoms with Crippen molar-refractivity contribution in [3.05, 3.63) is 96.6 Å². The lowest BCUT2D eigenvalue weighted by molar-refractivity contribution is 0.699. The van der Waals surface area contributed by atoms with Gasteiger partial charge in [-0.2, -0.15) is 0 Å². The second kappa shape index (κ2) is 7.43. The van der Waals surface area contributed by atoms with Gasteiger partial charge in [0.25, 0.3) is 0 Å². The molecule has 0 aliphatic heterocycles. The van der Waals surface area contributed by atoms with E-state index in [4.69, 9.17) is 0 Å². The molecule has 3 aromatic carbocycles. The fourth-order valence-corrected chi connectivity index (χ4v) is 2.44. The quantitative estimate of drug-likeness (QED) is 0.668. The van der Waals surface area contributed by atoms with Crippen molar-refractivity contribution in [1.29, 1.82) is 0 Å². The molecule has 0 radical (unpaired) electrons. The smallest absolute Gasteiger partial charge is 0.0577 e. The van der Waals surface area contributed by atoms with Crippen LogP contribution in [-0.4, -0.2) is 6.54 Å². The number of nitrogens with one attached hydrogen (secondary N) is 1. The van der Waals surface area contributed by atoms with Crippen molar-refractivity contribution < 1.29 is 0 Å². The van der Waals surface area contributed by atoms with E-state index in [0.717, 1.165) is 24.3 Å². The Morgan fingerprint density at radius 2 is 1.05 bits per heavy atom. The van der Waals surface area contributed by atoms with Crippen LogP contribution < -0.4 is 10.4 Å². The largest absolute Gasteiger partial charge is 0.277 e. The minimum atomic E-state index is 0.883. The van der Waals surface area contributed by atoms with E-state index < -0.39 is 0 Å². The van der Waals surface area contributed by atoms with Crippen molar-refractivity contribution in [3.63, 3.8) is 0 Å². The molecule has 0 atom stereocenters. The van der Waals surface area contributed by atoms with E-state index >= 15 is 0 Å². The maximum Gasteiger partial charge on any atom is 0.0577 e. The molecule has 1 N–H and O–H groups in total. The zero-order valence-corrected chi connectivity index (χ0v) is 12.5. The van der Waals surface area contributed by atoms with Crippen molar-refractivity contribution in [1.82, 2.24) is 5.43 Å². The zero-order valence-electron chi connectivity index (χ0n) is 12.5. The molecule has 0 spiro atoms.